The smallest absolute Gasteiger partial charge is 0.125 e. The van der Waals surface area contributed by atoms with E-state index in [4.69, 9.17) is 5.73 Å². The second-order valence-electron chi connectivity index (χ2n) is 5.76. The standard InChI is InChI=1S/C15H21FN2/c16-13-5-4-12-6-7-18(15(12)9-13)10-11-2-1-3-14(17)8-11/h4-5,9,11,14H,1-3,6-8,10,17H2. The Bertz CT molecular complexity index is 433. The highest BCUT2D eigenvalue weighted by molar-refractivity contribution is 5.58. The number of hydrogen-bond donors (Lipinski definition) is 1. The van der Waals surface area contributed by atoms with Crippen LogP contribution in [0.4, 0.5) is 10.1 Å². The second kappa shape index (κ2) is 4.88. The maximum atomic E-state index is 13.3. The molecule has 3 heteroatoms. The molecule has 1 aliphatic heterocycles. The fourth-order valence-electron chi connectivity index (χ4n) is 3.42. The molecule has 1 aromatic carbocycles. The van der Waals surface area contributed by atoms with Crippen LogP contribution in [0.25, 0.3) is 0 Å². The van der Waals surface area contributed by atoms with E-state index in [2.05, 4.69) is 4.90 Å². The first-order valence-electron chi connectivity index (χ1n) is 7.01. The van der Waals surface area contributed by atoms with Gasteiger partial charge in [-0.05, 0) is 49.3 Å². The van der Waals surface area contributed by atoms with Gasteiger partial charge in [0.15, 0.2) is 0 Å². The minimum atomic E-state index is -0.124. The molecule has 0 bridgehead atoms. The molecule has 1 aliphatic carbocycles. The topological polar surface area (TPSA) is 29.3 Å². The van der Waals surface area contributed by atoms with Gasteiger partial charge in [-0.25, -0.2) is 4.39 Å². The molecule has 1 aromatic rings. The Labute approximate surface area is 108 Å². The Morgan fingerprint density at radius 2 is 2.22 bits per heavy atom. The summed E-state index contributed by atoms with van der Waals surface area (Å²) in [5, 5.41) is 0. The highest BCUT2D eigenvalue weighted by Gasteiger charge is 2.25. The van der Waals surface area contributed by atoms with Crippen molar-refractivity contribution in [3.05, 3.63) is 29.6 Å². The number of fused-ring (bicyclic) bond motifs is 1. The molecule has 18 heavy (non-hydrogen) atoms. The molecule has 2 atom stereocenters. The molecule has 0 saturated heterocycles. The van der Waals surface area contributed by atoms with Crippen molar-refractivity contribution in [3.8, 4) is 0 Å². The molecule has 2 aliphatic rings. The molecular formula is C15H21FN2. The number of anilines is 1. The summed E-state index contributed by atoms with van der Waals surface area (Å²) in [6, 6.07) is 5.56. The number of nitrogens with zero attached hydrogens (tertiary/aromatic N) is 1. The fraction of sp³-hybridized carbons (Fsp3) is 0.600. The van der Waals surface area contributed by atoms with Crippen molar-refractivity contribution in [1.82, 2.24) is 0 Å². The van der Waals surface area contributed by atoms with Crippen molar-refractivity contribution in [2.75, 3.05) is 18.0 Å². The highest BCUT2D eigenvalue weighted by atomic mass is 19.1. The van der Waals surface area contributed by atoms with Gasteiger partial charge in [-0.1, -0.05) is 12.5 Å². The Morgan fingerprint density at radius 1 is 1.33 bits per heavy atom. The lowest BCUT2D eigenvalue weighted by Crippen LogP contribution is -2.35. The SMILES string of the molecule is NC1CCCC(CN2CCc3ccc(F)cc32)C1. The van der Waals surface area contributed by atoms with Gasteiger partial charge in [0.05, 0.1) is 0 Å². The molecule has 98 valence electrons. The van der Waals surface area contributed by atoms with Gasteiger partial charge in [-0.2, -0.15) is 0 Å². The van der Waals surface area contributed by atoms with Crippen LogP contribution in [0.15, 0.2) is 18.2 Å². The number of hydrogen-bond acceptors (Lipinski definition) is 2. The molecule has 0 radical (unpaired) electrons. The van der Waals surface area contributed by atoms with E-state index in [9.17, 15) is 4.39 Å². The number of nitrogens with two attached hydrogens (primary N) is 1. The molecule has 3 rings (SSSR count). The van der Waals surface area contributed by atoms with Gasteiger partial charge in [-0.3, -0.25) is 0 Å². The molecule has 0 amide bonds. The summed E-state index contributed by atoms with van der Waals surface area (Å²) >= 11 is 0. The third-order valence-electron chi connectivity index (χ3n) is 4.34. The van der Waals surface area contributed by atoms with Gasteiger partial charge in [-0.15, -0.1) is 0 Å². The van der Waals surface area contributed by atoms with E-state index in [1.165, 1.54) is 24.8 Å². The third kappa shape index (κ3) is 2.37. The van der Waals surface area contributed by atoms with Gasteiger partial charge in [0.1, 0.15) is 5.82 Å². The van der Waals surface area contributed by atoms with Crippen LogP contribution in [-0.2, 0) is 6.42 Å². The predicted octanol–water partition coefficient (Wildman–Crippen LogP) is 2.71. The van der Waals surface area contributed by atoms with Crippen molar-refractivity contribution in [2.24, 2.45) is 11.7 Å². The second-order valence-corrected chi connectivity index (χ2v) is 5.76. The normalized spacial score (nSPS) is 27.3. The molecule has 0 spiro atoms. The van der Waals surface area contributed by atoms with E-state index in [-0.39, 0.29) is 5.82 Å². The van der Waals surface area contributed by atoms with E-state index in [0.717, 1.165) is 31.6 Å². The number of benzene rings is 1. The molecular weight excluding hydrogens is 227 g/mol. The first-order valence-corrected chi connectivity index (χ1v) is 7.01. The summed E-state index contributed by atoms with van der Waals surface area (Å²) in [5.41, 5.74) is 8.43. The van der Waals surface area contributed by atoms with Crippen LogP contribution in [0.5, 0.6) is 0 Å². The van der Waals surface area contributed by atoms with E-state index >= 15 is 0 Å². The lowest BCUT2D eigenvalue weighted by Gasteiger charge is -2.31. The lowest BCUT2D eigenvalue weighted by molar-refractivity contribution is 0.324. The van der Waals surface area contributed by atoms with Crippen molar-refractivity contribution < 1.29 is 4.39 Å². The lowest BCUT2D eigenvalue weighted by atomic mass is 9.86. The quantitative estimate of drug-likeness (QED) is 0.872. The average molecular weight is 248 g/mol. The largest absolute Gasteiger partial charge is 0.371 e. The zero-order valence-electron chi connectivity index (χ0n) is 10.7. The van der Waals surface area contributed by atoms with Crippen LogP contribution in [0, 0.1) is 11.7 Å². The van der Waals surface area contributed by atoms with Crippen molar-refractivity contribution >= 4 is 5.69 Å². The van der Waals surface area contributed by atoms with Crippen molar-refractivity contribution in [2.45, 2.75) is 38.1 Å². The van der Waals surface area contributed by atoms with Crippen LogP contribution in [0.3, 0.4) is 0 Å². The Morgan fingerprint density at radius 3 is 3.06 bits per heavy atom. The molecule has 1 saturated carbocycles. The molecule has 2 nitrogen and oxygen atoms in total. The monoisotopic (exact) mass is 248 g/mol. The Kier molecular flexibility index (Phi) is 3.25. The summed E-state index contributed by atoms with van der Waals surface area (Å²) in [7, 11) is 0. The zero-order chi connectivity index (χ0) is 12.5. The van der Waals surface area contributed by atoms with Crippen LogP contribution in [0.1, 0.15) is 31.2 Å². The summed E-state index contributed by atoms with van der Waals surface area (Å²) in [5.74, 6) is 0.559. The van der Waals surface area contributed by atoms with Gasteiger partial charge < -0.3 is 10.6 Å². The average Bonchev–Trinajstić information content (AvgIpc) is 2.72. The number of halogens is 1. The maximum absolute atomic E-state index is 13.3. The van der Waals surface area contributed by atoms with Crippen LogP contribution >= 0.6 is 0 Å². The summed E-state index contributed by atoms with van der Waals surface area (Å²) in [6.07, 6.45) is 5.86. The van der Waals surface area contributed by atoms with Gasteiger partial charge in [0.25, 0.3) is 0 Å². The summed E-state index contributed by atoms with van der Waals surface area (Å²) in [4.78, 5) is 2.35. The predicted molar refractivity (Wildman–Crippen MR) is 72.3 cm³/mol. The number of rotatable bonds is 2. The first-order chi connectivity index (χ1) is 8.72. The van der Waals surface area contributed by atoms with Crippen LogP contribution in [0.2, 0.25) is 0 Å². The highest BCUT2D eigenvalue weighted by Crippen LogP contribution is 2.32. The molecule has 1 fully saturated rings. The first kappa shape index (κ1) is 12.0. The third-order valence-corrected chi connectivity index (χ3v) is 4.34. The van der Waals surface area contributed by atoms with E-state index in [0.29, 0.717) is 12.0 Å². The van der Waals surface area contributed by atoms with E-state index < -0.39 is 0 Å². The van der Waals surface area contributed by atoms with E-state index in [1.807, 2.05) is 6.07 Å². The van der Waals surface area contributed by atoms with Crippen LogP contribution in [-0.4, -0.2) is 19.1 Å². The molecule has 0 aromatic heterocycles. The fourth-order valence-corrected chi connectivity index (χ4v) is 3.42. The maximum Gasteiger partial charge on any atom is 0.125 e. The van der Waals surface area contributed by atoms with Crippen molar-refractivity contribution in [1.29, 1.82) is 0 Å². The van der Waals surface area contributed by atoms with Gasteiger partial charge >= 0.3 is 0 Å². The van der Waals surface area contributed by atoms with E-state index in [1.54, 1.807) is 12.1 Å². The summed E-state index contributed by atoms with van der Waals surface area (Å²) in [6.45, 7) is 2.08. The Hall–Kier alpha value is -1.09. The van der Waals surface area contributed by atoms with Gasteiger partial charge in [0.2, 0.25) is 0 Å². The molecule has 2 N–H and O–H groups in total. The minimum Gasteiger partial charge on any atom is -0.371 e. The zero-order valence-corrected chi connectivity index (χ0v) is 10.7. The Balaban J connectivity index is 1.70. The minimum absolute atomic E-state index is 0.124. The molecule has 1 heterocycles. The summed E-state index contributed by atoms with van der Waals surface area (Å²) < 4.78 is 13.3. The van der Waals surface area contributed by atoms with Crippen molar-refractivity contribution in [3.63, 3.8) is 0 Å². The molecule has 2 unspecified atom stereocenters. The van der Waals surface area contributed by atoms with Gasteiger partial charge in [0, 0.05) is 24.8 Å². The van der Waals surface area contributed by atoms with Crippen LogP contribution < -0.4 is 10.6 Å².